The van der Waals surface area contributed by atoms with Gasteiger partial charge in [0.05, 0.1) is 0 Å². The van der Waals surface area contributed by atoms with Crippen molar-refractivity contribution in [1.29, 1.82) is 0 Å². The van der Waals surface area contributed by atoms with Gasteiger partial charge in [0.15, 0.2) is 0 Å². The van der Waals surface area contributed by atoms with Gasteiger partial charge in [0.1, 0.15) is 11.5 Å². The molecule has 3 aromatic carbocycles. The largest absolute Gasteiger partial charge is 0.507 e. The van der Waals surface area contributed by atoms with Gasteiger partial charge >= 0.3 is 0 Å². The van der Waals surface area contributed by atoms with Crippen LogP contribution >= 0.6 is 0 Å². The Bertz CT molecular complexity index is 1200. The van der Waals surface area contributed by atoms with E-state index in [1.165, 1.54) is 61.6 Å². The lowest BCUT2D eigenvalue weighted by atomic mass is 9.93. The summed E-state index contributed by atoms with van der Waals surface area (Å²) in [5.74, 6) is 2.88. The van der Waals surface area contributed by atoms with E-state index in [9.17, 15) is 10.2 Å². The zero-order chi connectivity index (χ0) is 27.7. The third-order valence-electron chi connectivity index (χ3n) is 8.11. The zero-order valence-corrected chi connectivity index (χ0v) is 24.9. The van der Waals surface area contributed by atoms with Crippen LogP contribution < -0.4 is 0 Å². The van der Waals surface area contributed by atoms with E-state index >= 15 is 0 Å². The average Bonchev–Trinajstić information content (AvgIpc) is 2.86. The molecule has 38 heavy (non-hydrogen) atoms. The number of aryl methyl sites for hydroxylation is 2. The smallest absolute Gasteiger partial charge is 0.131 e. The van der Waals surface area contributed by atoms with Gasteiger partial charge in [-0.1, -0.05) is 103 Å². The third kappa shape index (κ3) is 8.79. The minimum Gasteiger partial charge on any atom is -0.507 e. The standard InChI is InChI=1S/C36H52O2/c1-25(2)11-7-13-27(5)15-9-17-29-19-21-31-33(23-29)36(38)34-24-30(20-22-32(34)35(31)37)18-10-16-28(6)14-8-12-26(3)4/h15,19-26,28,37-38H,7-14,16-18H2,1-6H3. The first kappa shape index (κ1) is 30.1. The third-order valence-corrected chi connectivity index (χ3v) is 8.11. The summed E-state index contributed by atoms with van der Waals surface area (Å²) < 4.78 is 0. The van der Waals surface area contributed by atoms with Gasteiger partial charge in [-0.15, -0.1) is 0 Å². The SMILES string of the molecule is CC(=CCCc1ccc2c(O)c3ccc(CCCC(C)CCCC(C)C)cc3c(O)c2c1)CCCC(C)C. The summed E-state index contributed by atoms with van der Waals surface area (Å²) in [6, 6.07) is 12.3. The topological polar surface area (TPSA) is 40.5 Å². The quantitative estimate of drug-likeness (QED) is 0.120. The molecule has 0 amide bonds. The highest BCUT2D eigenvalue weighted by Gasteiger charge is 2.14. The van der Waals surface area contributed by atoms with E-state index < -0.39 is 0 Å². The molecular weight excluding hydrogens is 464 g/mol. The molecule has 0 heterocycles. The van der Waals surface area contributed by atoms with E-state index in [0.29, 0.717) is 5.75 Å². The molecule has 0 saturated carbocycles. The molecule has 0 aliphatic carbocycles. The van der Waals surface area contributed by atoms with E-state index in [1.807, 2.05) is 12.1 Å². The number of benzene rings is 3. The fourth-order valence-corrected chi connectivity index (χ4v) is 5.64. The summed E-state index contributed by atoms with van der Waals surface area (Å²) in [6.45, 7) is 13.8. The molecule has 0 radical (unpaired) electrons. The first-order valence-corrected chi connectivity index (χ1v) is 15.2. The van der Waals surface area contributed by atoms with E-state index in [4.69, 9.17) is 0 Å². The molecule has 3 rings (SSSR count). The van der Waals surface area contributed by atoms with E-state index in [-0.39, 0.29) is 5.75 Å². The number of phenols is 2. The Hall–Kier alpha value is -2.48. The summed E-state index contributed by atoms with van der Waals surface area (Å²) in [7, 11) is 0. The van der Waals surface area contributed by atoms with Gasteiger partial charge in [-0.05, 0) is 86.5 Å². The molecule has 0 bridgehead atoms. The highest BCUT2D eigenvalue weighted by atomic mass is 16.3. The van der Waals surface area contributed by atoms with Crippen LogP contribution in [0.5, 0.6) is 11.5 Å². The molecule has 0 spiro atoms. The molecule has 2 nitrogen and oxygen atoms in total. The molecule has 0 aliphatic rings. The maximum atomic E-state index is 11.3. The minimum absolute atomic E-state index is 0.269. The van der Waals surface area contributed by atoms with Crippen molar-refractivity contribution >= 4 is 21.5 Å². The van der Waals surface area contributed by atoms with Crippen molar-refractivity contribution in [3.8, 4) is 11.5 Å². The number of rotatable bonds is 15. The van der Waals surface area contributed by atoms with Gasteiger partial charge in [-0.2, -0.15) is 0 Å². The van der Waals surface area contributed by atoms with Crippen LogP contribution in [0.25, 0.3) is 21.5 Å². The second kappa shape index (κ2) is 14.6. The average molecular weight is 517 g/mol. The van der Waals surface area contributed by atoms with Crippen LogP contribution in [0.15, 0.2) is 48.0 Å². The van der Waals surface area contributed by atoms with Crippen molar-refractivity contribution in [3.63, 3.8) is 0 Å². The summed E-state index contributed by atoms with van der Waals surface area (Å²) >= 11 is 0. The number of aromatic hydroxyl groups is 2. The van der Waals surface area contributed by atoms with Crippen LogP contribution in [0.4, 0.5) is 0 Å². The number of hydrogen-bond acceptors (Lipinski definition) is 2. The Balaban J connectivity index is 1.68. The molecule has 0 aromatic heterocycles. The Kier molecular flexibility index (Phi) is 11.6. The normalized spacial score (nSPS) is 13.3. The maximum absolute atomic E-state index is 11.3. The van der Waals surface area contributed by atoms with Crippen LogP contribution in [-0.2, 0) is 12.8 Å². The molecule has 208 valence electrons. The zero-order valence-electron chi connectivity index (χ0n) is 24.9. The van der Waals surface area contributed by atoms with Crippen LogP contribution in [0.1, 0.15) is 110 Å². The molecule has 1 unspecified atom stereocenters. The van der Waals surface area contributed by atoms with Crippen LogP contribution in [0.2, 0.25) is 0 Å². The van der Waals surface area contributed by atoms with E-state index in [1.54, 1.807) is 0 Å². The Morgan fingerprint density at radius 1 is 0.658 bits per heavy atom. The fourth-order valence-electron chi connectivity index (χ4n) is 5.64. The molecule has 1 atom stereocenters. The van der Waals surface area contributed by atoms with Crippen LogP contribution in [0.3, 0.4) is 0 Å². The Morgan fingerprint density at radius 3 is 1.79 bits per heavy atom. The van der Waals surface area contributed by atoms with Gasteiger partial charge in [0.2, 0.25) is 0 Å². The monoisotopic (exact) mass is 516 g/mol. The first-order valence-electron chi connectivity index (χ1n) is 15.2. The highest BCUT2D eigenvalue weighted by molar-refractivity contribution is 6.10. The molecule has 2 N–H and O–H groups in total. The fraction of sp³-hybridized carbons (Fsp3) is 0.556. The summed E-state index contributed by atoms with van der Waals surface area (Å²) in [4.78, 5) is 0. The first-order chi connectivity index (χ1) is 18.2. The van der Waals surface area contributed by atoms with Crippen molar-refractivity contribution in [2.45, 2.75) is 112 Å². The van der Waals surface area contributed by atoms with Crippen LogP contribution in [-0.4, -0.2) is 10.2 Å². The van der Waals surface area contributed by atoms with Crippen molar-refractivity contribution in [2.24, 2.45) is 17.8 Å². The summed E-state index contributed by atoms with van der Waals surface area (Å²) in [5, 5.41) is 25.3. The van der Waals surface area contributed by atoms with Crippen molar-refractivity contribution in [3.05, 3.63) is 59.2 Å². The Morgan fingerprint density at radius 2 is 1.18 bits per heavy atom. The van der Waals surface area contributed by atoms with E-state index in [2.05, 4.69) is 71.9 Å². The number of hydrogen-bond donors (Lipinski definition) is 2. The lowest BCUT2D eigenvalue weighted by Gasteiger charge is -2.14. The summed E-state index contributed by atoms with van der Waals surface area (Å²) in [5.41, 5.74) is 3.89. The van der Waals surface area contributed by atoms with Gasteiger partial charge in [0.25, 0.3) is 0 Å². The summed E-state index contributed by atoms with van der Waals surface area (Å²) in [6.07, 6.45) is 15.4. The molecule has 3 aromatic rings. The number of phenolic OH excluding ortho intramolecular Hbond substituents is 2. The van der Waals surface area contributed by atoms with E-state index in [0.717, 1.165) is 65.0 Å². The van der Waals surface area contributed by atoms with Crippen molar-refractivity contribution in [1.82, 2.24) is 0 Å². The molecule has 0 saturated heterocycles. The molecule has 0 fully saturated rings. The molecule has 0 aliphatic heterocycles. The maximum Gasteiger partial charge on any atom is 0.131 e. The lowest BCUT2D eigenvalue weighted by Crippen LogP contribution is -1.98. The van der Waals surface area contributed by atoms with Gasteiger partial charge in [-0.3, -0.25) is 0 Å². The highest BCUT2D eigenvalue weighted by Crippen LogP contribution is 2.42. The Labute approximate surface area is 232 Å². The molecular formula is C36H52O2. The van der Waals surface area contributed by atoms with Crippen LogP contribution in [0, 0.1) is 17.8 Å². The van der Waals surface area contributed by atoms with Gasteiger partial charge < -0.3 is 10.2 Å². The predicted octanol–water partition coefficient (Wildman–Crippen LogP) is 10.9. The second-order valence-corrected chi connectivity index (χ2v) is 12.7. The van der Waals surface area contributed by atoms with Gasteiger partial charge in [-0.25, -0.2) is 0 Å². The van der Waals surface area contributed by atoms with Gasteiger partial charge in [0, 0.05) is 21.5 Å². The number of allylic oxidation sites excluding steroid dienone is 2. The van der Waals surface area contributed by atoms with Crippen molar-refractivity contribution < 1.29 is 10.2 Å². The molecule has 2 heteroatoms. The second-order valence-electron chi connectivity index (χ2n) is 12.7. The minimum atomic E-state index is 0.269. The lowest BCUT2D eigenvalue weighted by molar-refractivity contribution is 0.427. The predicted molar refractivity (Wildman–Crippen MR) is 166 cm³/mol. The van der Waals surface area contributed by atoms with Crippen molar-refractivity contribution in [2.75, 3.05) is 0 Å². The number of fused-ring (bicyclic) bond motifs is 2.